The van der Waals surface area contributed by atoms with Crippen molar-refractivity contribution in [2.45, 2.75) is 13.1 Å². The second-order valence-electron chi connectivity index (χ2n) is 2.47. The Balaban J connectivity index is 2.09. The van der Waals surface area contributed by atoms with E-state index >= 15 is 0 Å². The predicted molar refractivity (Wildman–Crippen MR) is 50.4 cm³/mol. The van der Waals surface area contributed by atoms with Gasteiger partial charge in [-0.25, -0.2) is 9.36 Å². The van der Waals surface area contributed by atoms with E-state index in [2.05, 4.69) is 31.1 Å². The summed E-state index contributed by atoms with van der Waals surface area (Å²) in [6.45, 7) is 1.17. The molecule has 0 saturated carbocycles. The third kappa shape index (κ3) is 1.75. The monoisotopic (exact) mass is 230 g/mol. The first-order chi connectivity index (χ1) is 6.77. The lowest BCUT2D eigenvalue weighted by molar-refractivity contribution is 0.474. The fourth-order valence-corrected chi connectivity index (χ4v) is 1.27. The SMILES string of the molecule is S=c1nn[nH]n1CCn1[nH]nnc1=S. The summed E-state index contributed by atoms with van der Waals surface area (Å²) in [5.41, 5.74) is 0. The average molecular weight is 230 g/mol. The molecule has 2 aromatic heterocycles. The van der Waals surface area contributed by atoms with Gasteiger partial charge in [-0.1, -0.05) is 20.6 Å². The van der Waals surface area contributed by atoms with E-state index in [0.29, 0.717) is 22.6 Å². The van der Waals surface area contributed by atoms with Gasteiger partial charge < -0.3 is 0 Å². The molecule has 8 nitrogen and oxygen atoms in total. The Hall–Kier alpha value is -1.42. The second-order valence-corrected chi connectivity index (χ2v) is 3.20. The molecule has 0 aliphatic rings. The number of hydrogen-bond donors (Lipinski definition) is 2. The number of hydrogen-bond acceptors (Lipinski definition) is 6. The third-order valence-electron chi connectivity index (χ3n) is 1.61. The summed E-state index contributed by atoms with van der Waals surface area (Å²) in [6.07, 6.45) is 0. The number of tetrazole rings is 2. The maximum absolute atomic E-state index is 4.89. The van der Waals surface area contributed by atoms with Gasteiger partial charge in [-0.15, -0.1) is 0 Å². The van der Waals surface area contributed by atoms with Gasteiger partial charge in [-0.2, -0.15) is 10.4 Å². The van der Waals surface area contributed by atoms with Crippen LogP contribution in [0.3, 0.4) is 0 Å². The van der Waals surface area contributed by atoms with Crippen LogP contribution in [-0.2, 0) is 13.1 Å². The van der Waals surface area contributed by atoms with Crippen molar-refractivity contribution in [1.82, 2.24) is 40.4 Å². The van der Waals surface area contributed by atoms with Crippen LogP contribution >= 0.6 is 24.4 Å². The Morgan fingerprint density at radius 3 is 1.64 bits per heavy atom. The summed E-state index contributed by atoms with van der Waals surface area (Å²) in [5.74, 6) is 0. The average Bonchev–Trinajstić information content (AvgIpc) is 2.72. The van der Waals surface area contributed by atoms with E-state index in [4.69, 9.17) is 24.4 Å². The number of nitrogens with zero attached hydrogens (tertiary/aromatic N) is 6. The molecule has 0 saturated heterocycles. The molecule has 0 spiro atoms. The van der Waals surface area contributed by atoms with Crippen molar-refractivity contribution in [2.24, 2.45) is 0 Å². The highest BCUT2D eigenvalue weighted by atomic mass is 32.1. The minimum absolute atomic E-state index is 0.406. The summed E-state index contributed by atoms with van der Waals surface area (Å²) in [4.78, 5) is 0. The predicted octanol–water partition coefficient (Wildman–Crippen LogP) is -0.315. The molecule has 0 atom stereocenters. The number of rotatable bonds is 3. The van der Waals surface area contributed by atoms with Gasteiger partial charge >= 0.3 is 0 Å². The molecule has 0 radical (unpaired) electrons. The van der Waals surface area contributed by atoms with Crippen LogP contribution in [0.4, 0.5) is 0 Å². The molecule has 10 heteroatoms. The first kappa shape index (κ1) is 9.15. The van der Waals surface area contributed by atoms with Crippen LogP contribution in [0.25, 0.3) is 0 Å². The van der Waals surface area contributed by atoms with E-state index < -0.39 is 0 Å². The van der Waals surface area contributed by atoms with Gasteiger partial charge in [-0.05, 0) is 24.4 Å². The van der Waals surface area contributed by atoms with Crippen LogP contribution in [0.1, 0.15) is 0 Å². The van der Waals surface area contributed by atoms with Crippen LogP contribution < -0.4 is 0 Å². The number of aryl methyl sites for hydroxylation is 2. The van der Waals surface area contributed by atoms with Gasteiger partial charge in [0, 0.05) is 0 Å². The highest BCUT2D eigenvalue weighted by Gasteiger charge is 1.98. The van der Waals surface area contributed by atoms with Crippen molar-refractivity contribution < 1.29 is 0 Å². The lowest BCUT2D eigenvalue weighted by atomic mass is 10.6. The van der Waals surface area contributed by atoms with Gasteiger partial charge in [-0.3, -0.25) is 0 Å². The van der Waals surface area contributed by atoms with Gasteiger partial charge in [0.2, 0.25) is 9.54 Å². The molecule has 0 fully saturated rings. The molecule has 2 N–H and O–H groups in total. The molecule has 2 rings (SSSR count). The standard InChI is InChI=1S/C4H6N8S2/c13-3-5-7-9-11(3)1-2-12-4(14)6-8-10-12/h1-2H2,(H,5,9,13)(H,6,10,14). The number of aromatic amines is 2. The molecule has 2 aromatic rings. The maximum atomic E-state index is 4.89. The van der Waals surface area contributed by atoms with E-state index in [-0.39, 0.29) is 0 Å². The van der Waals surface area contributed by atoms with Crippen molar-refractivity contribution >= 4 is 24.4 Å². The van der Waals surface area contributed by atoms with E-state index in [1.54, 1.807) is 9.36 Å². The van der Waals surface area contributed by atoms with Gasteiger partial charge in [0.05, 0.1) is 13.1 Å². The molecule has 0 aliphatic carbocycles. The first-order valence-corrected chi connectivity index (χ1v) is 4.55. The molecule has 74 valence electrons. The minimum atomic E-state index is 0.406. The Kier molecular flexibility index (Phi) is 2.45. The smallest absolute Gasteiger partial charge is 0.238 e. The first-order valence-electron chi connectivity index (χ1n) is 3.73. The zero-order valence-corrected chi connectivity index (χ0v) is 8.55. The summed E-state index contributed by atoms with van der Waals surface area (Å²) >= 11 is 9.79. The lowest BCUT2D eigenvalue weighted by Gasteiger charge is -2.00. The highest BCUT2D eigenvalue weighted by Crippen LogP contribution is 1.88. The van der Waals surface area contributed by atoms with Crippen molar-refractivity contribution in [3.8, 4) is 0 Å². The zero-order chi connectivity index (χ0) is 9.97. The van der Waals surface area contributed by atoms with Crippen LogP contribution in [0, 0.1) is 9.54 Å². The molecule has 0 aromatic carbocycles. The summed E-state index contributed by atoms with van der Waals surface area (Å²) < 4.78 is 4.06. The van der Waals surface area contributed by atoms with Gasteiger partial charge in [0.15, 0.2) is 0 Å². The van der Waals surface area contributed by atoms with Crippen molar-refractivity contribution in [1.29, 1.82) is 0 Å². The number of H-pyrrole nitrogens is 2. The Labute approximate surface area is 87.9 Å². The molecular weight excluding hydrogens is 224 g/mol. The Bertz CT molecular complexity index is 467. The van der Waals surface area contributed by atoms with Crippen molar-refractivity contribution in [3.05, 3.63) is 9.54 Å². The number of nitrogens with one attached hydrogen (secondary N) is 2. The van der Waals surface area contributed by atoms with E-state index in [0.717, 1.165) is 0 Å². The zero-order valence-electron chi connectivity index (χ0n) is 6.91. The van der Waals surface area contributed by atoms with Crippen LogP contribution in [-0.4, -0.2) is 40.4 Å². The second kappa shape index (κ2) is 3.75. The molecule has 14 heavy (non-hydrogen) atoms. The van der Waals surface area contributed by atoms with Crippen molar-refractivity contribution in [3.63, 3.8) is 0 Å². The Morgan fingerprint density at radius 2 is 1.36 bits per heavy atom. The summed E-state index contributed by atoms with van der Waals surface area (Å²) in [5, 5.41) is 19.6. The maximum Gasteiger partial charge on any atom is 0.238 e. The summed E-state index contributed by atoms with van der Waals surface area (Å²) in [7, 11) is 0. The van der Waals surface area contributed by atoms with E-state index in [1.807, 2.05) is 0 Å². The van der Waals surface area contributed by atoms with E-state index in [1.165, 1.54) is 0 Å². The highest BCUT2D eigenvalue weighted by molar-refractivity contribution is 7.71. The quantitative estimate of drug-likeness (QED) is 0.702. The molecule has 2 heterocycles. The molecule has 0 amide bonds. The molecule has 0 unspecified atom stereocenters. The van der Waals surface area contributed by atoms with E-state index in [9.17, 15) is 0 Å². The van der Waals surface area contributed by atoms with Crippen LogP contribution in [0.2, 0.25) is 0 Å². The third-order valence-corrected chi connectivity index (χ3v) is 2.22. The normalized spacial score (nSPS) is 10.6. The summed E-state index contributed by atoms with van der Waals surface area (Å²) in [6, 6.07) is 0. The lowest BCUT2D eigenvalue weighted by Crippen LogP contribution is -2.10. The van der Waals surface area contributed by atoms with Crippen LogP contribution in [0.15, 0.2) is 0 Å². The largest absolute Gasteiger partial charge is 0.241 e. The molecule has 0 bridgehead atoms. The minimum Gasteiger partial charge on any atom is -0.241 e. The molecule has 0 aliphatic heterocycles. The fraction of sp³-hybridized carbons (Fsp3) is 0.500. The number of aromatic nitrogens is 8. The van der Waals surface area contributed by atoms with Crippen LogP contribution in [0.5, 0.6) is 0 Å². The fourth-order valence-electron chi connectivity index (χ4n) is 0.923. The molecular formula is C4H6N8S2. The van der Waals surface area contributed by atoms with Gasteiger partial charge in [0.25, 0.3) is 0 Å². The topological polar surface area (TPSA) is 93.0 Å². The van der Waals surface area contributed by atoms with Crippen molar-refractivity contribution in [2.75, 3.05) is 0 Å². The Morgan fingerprint density at radius 1 is 0.929 bits per heavy atom. The van der Waals surface area contributed by atoms with Gasteiger partial charge in [0.1, 0.15) is 0 Å².